The summed E-state index contributed by atoms with van der Waals surface area (Å²) in [7, 11) is 0. The van der Waals surface area contributed by atoms with Crippen molar-refractivity contribution in [3.8, 4) is 0 Å². The van der Waals surface area contributed by atoms with E-state index in [2.05, 4.69) is 0 Å². The number of benzene rings is 2. The van der Waals surface area contributed by atoms with Gasteiger partial charge in [-0.2, -0.15) is 0 Å². The summed E-state index contributed by atoms with van der Waals surface area (Å²) < 4.78 is 13.1. The molecule has 3 N–H and O–H groups in total. The van der Waals surface area contributed by atoms with Crippen LogP contribution in [0.15, 0.2) is 59.5 Å². The maximum absolute atomic E-state index is 13.1. The highest BCUT2D eigenvalue weighted by Crippen LogP contribution is 2.28. The van der Waals surface area contributed by atoms with Crippen LogP contribution in [0, 0.1) is 5.82 Å². The first-order chi connectivity index (χ1) is 9.64. The van der Waals surface area contributed by atoms with E-state index >= 15 is 0 Å². The van der Waals surface area contributed by atoms with Gasteiger partial charge in [0, 0.05) is 17.2 Å². The average molecular weight is 291 g/mol. The molecule has 2 aromatic rings. The largest absolute Gasteiger partial charge is 0.384 e. The molecule has 0 radical (unpaired) electrons. The van der Waals surface area contributed by atoms with Gasteiger partial charge in [0.1, 0.15) is 11.4 Å². The molecule has 0 heterocycles. The van der Waals surface area contributed by atoms with Crippen molar-refractivity contribution < 1.29 is 9.50 Å². The van der Waals surface area contributed by atoms with Crippen molar-refractivity contribution in [3.05, 3.63) is 66.0 Å². The quantitative estimate of drug-likeness (QED) is 0.804. The maximum atomic E-state index is 13.1. The van der Waals surface area contributed by atoms with Crippen LogP contribution in [0.1, 0.15) is 12.0 Å². The molecule has 0 aliphatic carbocycles. The van der Waals surface area contributed by atoms with Gasteiger partial charge in [-0.3, -0.25) is 0 Å². The van der Waals surface area contributed by atoms with Crippen LogP contribution in [0.4, 0.5) is 4.39 Å². The highest BCUT2D eigenvalue weighted by atomic mass is 32.2. The van der Waals surface area contributed by atoms with E-state index in [4.69, 9.17) is 5.73 Å². The van der Waals surface area contributed by atoms with Gasteiger partial charge in [0.05, 0.1) is 0 Å². The van der Waals surface area contributed by atoms with Crippen LogP contribution in [0.3, 0.4) is 0 Å². The van der Waals surface area contributed by atoms with E-state index in [-0.39, 0.29) is 12.4 Å². The molecule has 20 heavy (non-hydrogen) atoms. The second kappa shape index (κ2) is 6.88. The lowest BCUT2D eigenvalue weighted by atomic mass is 9.91. The average Bonchev–Trinajstić information content (AvgIpc) is 2.48. The van der Waals surface area contributed by atoms with Gasteiger partial charge in [-0.25, -0.2) is 4.39 Å². The first-order valence-corrected chi connectivity index (χ1v) is 7.49. The Hall–Kier alpha value is -1.36. The van der Waals surface area contributed by atoms with E-state index in [1.54, 1.807) is 6.07 Å². The zero-order chi connectivity index (χ0) is 14.4. The van der Waals surface area contributed by atoms with Crippen molar-refractivity contribution in [2.75, 3.05) is 12.3 Å². The molecule has 0 bridgehead atoms. The topological polar surface area (TPSA) is 46.2 Å². The third-order valence-electron chi connectivity index (χ3n) is 3.23. The van der Waals surface area contributed by atoms with Crippen molar-refractivity contribution in [1.29, 1.82) is 0 Å². The summed E-state index contributed by atoms with van der Waals surface area (Å²) in [5.41, 5.74) is 5.52. The summed E-state index contributed by atoms with van der Waals surface area (Å²) in [5.74, 6) is 0.429. The van der Waals surface area contributed by atoms with E-state index in [0.717, 1.165) is 10.5 Å². The molecule has 2 nitrogen and oxygen atoms in total. The van der Waals surface area contributed by atoms with Gasteiger partial charge in [0.2, 0.25) is 0 Å². The lowest BCUT2D eigenvalue weighted by Gasteiger charge is -2.27. The molecule has 0 spiro atoms. The van der Waals surface area contributed by atoms with Gasteiger partial charge in [0.15, 0.2) is 0 Å². The summed E-state index contributed by atoms with van der Waals surface area (Å²) in [5, 5.41) is 10.6. The number of halogens is 1. The number of hydrogen-bond donors (Lipinski definition) is 2. The molecule has 0 fully saturated rings. The van der Waals surface area contributed by atoms with E-state index in [9.17, 15) is 9.50 Å². The molecule has 1 unspecified atom stereocenters. The van der Waals surface area contributed by atoms with Crippen LogP contribution >= 0.6 is 11.8 Å². The summed E-state index contributed by atoms with van der Waals surface area (Å²) in [4.78, 5) is 0.859. The Morgan fingerprint density at radius 1 is 1.10 bits per heavy atom. The monoisotopic (exact) mass is 291 g/mol. The Morgan fingerprint density at radius 3 is 2.50 bits per heavy atom. The maximum Gasteiger partial charge on any atom is 0.124 e. The molecule has 2 rings (SSSR count). The smallest absolute Gasteiger partial charge is 0.124 e. The van der Waals surface area contributed by atoms with Gasteiger partial charge in [-0.1, -0.05) is 36.4 Å². The van der Waals surface area contributed by atoms with Crippen LogP contribution in [-0.4, -0.2) is 17.4 Å². The van der Waals surface area contributed by atoms with Crippen LogP contribution in [0.5, 0.6) is 0 Å². The third kappa shape index (κ3) is 3.82. The Labute approximate surface area is 122 Å². The molecule has 0 aliphatic rings. The number of hydrogen-bond acceptors (Lipinski definition) is 3. The summed E-state index contributed by atoms with van der Waals surface area (Å²) in [6.45, 7) is 0.167. The zero-order valence-electron chi connectivity index (χ0n) is 11.1. The van der Waals surface area contributed by atoms with Gasteiger partial charge in [-0.15, -0.1) is 11.8 Å². The van der Waals surface area contributed by atoms with Crippen LogP contribution in [0.2, 0.25) is 0 Å². The molecule has 0 amide bonds. The predicted molar refractivity (Wildman–Crippen MR) is 81.1 cm³/mol. The van der Waals surface area contributed by atoms with Crippen molar-refractivity contribution in [2.45, 2.75) is 16.9 Å². The fourth-order valence-corrected chi connectivity index (χ4v) is 3.05. The standard InChI is InChI=1S/C16H18FNOS/c17-14-7-4-8-15(11-14)20-10-9-16(19,12-18)13-5-2-1-3-6-13/h1-8,11,19H,9-10,12,18H2. The second-order valence-corrected chi connectivity index (χ2v) is 5.83. The highest BCUT2D eigenvalue weighted by Gasteiger charge is 2.26. The van der Waals surface area contributed by atoms with Crippen molar-refractivity contribution >= 4 is 11.8 Å². The normalized spacial score (nSPS) is 13.9. The Bertz CT molecular complexity index is 549. The highest BCUT2D eigenvalue weighted by molar-refractivity contribution is 7.99. The lowest BCUT2D eigenvalue weighted by molar-refractivity contribution is 0.0431. The van der Waals surface area contributed by atoms with E-state index in [1.807, 2.05) is 36.4 Å². The minimum Gasteiger partial charge on any atom is -0.384 e. The molecular weight excluding hydrogens is 273 g/mol. The number of thioether (sulfide) groups is 1. The molecule has 0 aromatic heterocycles. The second-order valence-electron chi connectivity index (χ2n) is 4.66. The van der Waals surface area contributed by atoms with Crippen molar-refractivity contribution in [3.63, 3.8) is 0 Å². The fraction of sp³-hybridized carbons (Fsp3) is 0.250. The molecule has 4 heteroatoms. The molecule has 2 aromatic carbocycles. The lowest BCUT2D eigenvalue weighted by Crippen LogP contribution is -2.35. The van der Waals surface area contributed by atoms with Gasteiger partial charge in [0.25, 0.3) is 0 Å². The summed E-state index contributed by atoms with van der Waals surface area (Å²) in [6.07, 6.45) is 0.523. The van der Waals surface area contributed by atoms with Gasteiger partial charge < -0.3 is 10.8 Å². The Morgan fingerprint density at radius 2 is 1.85 bits per heavy atom. The predicted octanol–water partition coefficient (Wildman–Crippen LogP) is 3.15. The third-order valence-corrected chi connectivity index (χ3v) is 4.22. The molecular formula is C16H18FNOS. The minimum atomic E-state index is -1.03. The van der Waals surface area contributed by atoms with E-state index < -0.39 is 5.60 Å². The zero-order valence-corrected chi connectivity index (χ0v) is 11.9. The number of aliphatic hydroxyl groups is 1. The van der Waals surface area contributed by atoms with Crippen LogP contribution in [0.25, 0.3) is 0 Å². The molecule has 0 aliphatic heterocycles. The molecule has 0 saturated carbocycles. The summed E-state index contributed by atoms with van der Waals surface area (Å²) >= 11 is 1.52. The Balaban J connectivity index is 1.98. The van der Waals surface area contributed by atoms with Crippen molar-refractivity contribution in [2.24, 2.45) is 5.73 Å². The molecule has 106 valence electrons. The molecule has 0 saturated heterocycles. The first-order valence-electron chi connectivity index (χ1n) is 6.50. The summed E-state index contributed by atoms with van der Waals surface area (Å²) in [6, 6.07) is 15.9. The number of nitrogens with two attached hydrogens (primary N) is 1. The minimum absolute atomic E-state index is 0.167. The van der Waals surface area contributed by atoms with Crippen LogP contribution < -0.4 is 5.73 Å². The Kier molecular flexibility index (Phi) is 5.17. The van der Waals surface area contributed by atoms with Gasteiger partial charge in [-0.05, 0) is 30.2 Å². The molecule has 1 atom stereocenters. The number of rotatable bonds is 6. The van der Waals surface area contributed by atoms with E-state index in [0.29, 0.717) is 12.2 Å². The van der Waals surface area contributed by atoms with E-state index in [1.165, 1.54) is 23.9 Å². The fourth-order valence-electron chi connectivity index (χ4n) is 2.01. The van der Waals surface area contributed by atoms with Gasteiger partial charge >= 0.3 is 0 Å². The van der Waals surface area contributed by atoms with Crippen molar-refractivity contribution in [1.82, 2.24) is 0 Å². The first kappa shape index (κ1) is 15.0. The van der Waals surface area contributed by atoms with Crippen LogP contribution in [-0.2, 0) is 5.60 Å². The SMILES string of the molecule is NCC(O)(CCSc1cccc(F)c1)c1ccccc1.